The second kappa shape index (κ2) is 11.7. The van der Waals surface area contributed by atoms with Gasteiger partial charge >= 0.3 is 0 Å². The van der Waals surface area contributed by atoms with Gasteiger partial charge in [0.2, 0.25) is 12.7 Å². The molecular weight excluding hydrogens is 512 g/mol. The maximum absolute atomic E-state index is 13.4. The summed E-state index contributed by atoms with van der Waals surface area (Å²) in [4.78, 5) is 52.9. The molecule has 0 fully saturated rings. The van der Waals surface area contributed by atoms with E-state index in [1.807, 2.05) is 0 Å². The Balaban J connectivity index is 0.00000172. The van der Waals surface area contributed by atoms with E-state index in [1.165, 1.54) is 11.7 Å². The number of aldehydes is 2. The fourth-order valence-corrected chi connectivity index (χ4v) is 4.71. The van der Waals surface area contributed by atoms with Crippen LogP contribution in [0.2, 0.25) is 0 Å². The standard InChI is InChI=1S/C25H24N4O8.CH4O/c1-35-10-16-13(20(32)9-31)4-19-23-15(8-29(19)25(16)34)14(7-27-24(33)17(26)2-3-30)12-5-21-22(37-11-36-21)6-18(12)28-23;1-2/h3-6,9,17,20,32H,2,7-8,10-11,26H2,1H3,(H,27,33);2H,1H3. The lowest BCUT2D eigenvalue weighted by Crippen LogP contribution is -2.40. The summed E-state index contributed by atoms with van der Waals surface area (Å²) in [5.41, 5.74) is 8.44. The predicted octanol–water partition coefficient (Wildman–Crippen LogP) is -0.326. The molecule has 39 heavy (non-hydrogen) atoms. The molecule has 0 spiro atoms. The van der Waals surface area contributed by atoms with E-state index in [0.29, 0.717) is 57.5 Å². The number of hydrogen-bond donors (Lipinski definition) is 4. The van der Waals surface area contributed by atoms with Crippen molar-refractivity contribution in [2.45, 2.75) is 38.3 Å². The van der Waals surface area contributed by atoms with Crippen LogP contribution in [0.25, 0.3) is 22.3 Å². The van der Waals surface area contributed by atoms with E-state index in [9.17, 15) is 24.3 Å². The monoisotopic (exact) mass is 540 g/mol. The van der Waals surface area contributed by atoms with E-state index in [-0.39, 0.29) is 44.0 Å². The van der Waals surface area contributed by atoms with Crippen LogP contribution in [0.5, 0.6) is 11.5 Å². The number of nitrogens with one attached hydrogen (secondary N) is 1. The number of aliphatic hydroxyl groups is 2. The zero-order valence-corrected chi connectivity index (χ0v) is 21.3. The Labute approximate surface area is 222 Å². The van der Waals surface area contributed by atoms with Crippen LogP contribution in [0.4, 0.5) is 0 Å². The first kappa shape index (κ1) is 27.9. The molecule has 5 rings (SSSR count). The van der Waals surface area contributed by atoms with Gasteiger partial charge in [-0.3, -0.25) is 9.59 Å². The Morgan fingerprint density at radius 2 is 1.95 bits per heavy atom. The molecule has 2 aliphatic heterocycles. The van der Waals surface area contributed by atoms with Gasteiger partial charge in [0, 0.05) is 55.3 Å². The topological polar surface area (TPSA) is 192 Å². The lowest BCUT2D eigenvalue weighted by molar-refractivity contribution is -0.124. The third kappa shape index (κ3) is 5.00. The van der Waals surface area contributed by atoms with Gasteiger partial charge in [-0.25, -0.2) is 4.98 Å². The summed E-state index contributed by atoms with van der Waals surface area (Å²) < 4.78 is 17.7. The zero-order valence-electron chi connectivity index (χ0n) is 21.3. The van der Waals surface area contributed by atoms with Crippen molar-refractivity contribution >= 4 is 29.4 Å². The fourth-order valence-electron chi connectivity index (χ4n) is 4.71. The minimum absolute atomic E-state index is 0.0455. The lowest BCUT2D eigenvalue weighted by Gasteiger charge is -2.15. The maximum atomic E-state index is 13.4. The number of aromatic nitrogens is 2. The average Bonchev–Trinajstić information content (AvgIpc) is 3.56. The number of amides is 1. The largest absolute Gasteiger partial charge is 0.454 e. The van der Waals surface area contributed by atoms with Crippen LogP contribution in [-0.4, -0.2) is 65.3 Å². The van der Waals surface area contributed by atoms with Gasteiger partial charge in [0.15, 0.2) is 17.8 Å². The van der Waals surface area contributed by atoms with Crippen LogP contribution < -0.4 is 26.1 Å². The first-order valence-corrected chi connectivity index (χ1v) is 11.9. The van der Waals surface area contributed by atoms with Crippen LogP contribution in [0, 0.1) is 0 Å². The van der Waals surface area contributed by atoms with Crippen LogP contribution in [0.3, 0.4) is 0 Å². The third-order valence-electron chi connectivity index (χ3n) is 6.55. The number of ether oxygens (including phenoxy) is 3. The summed E-state index contributed by atoms with van der Waals surface area (Å²) in [5, 5.41) is 20.8. The first-order chi connectivity index (χ1) is 18.9. The van der Waals surface area contributed by atoms with Crippen LogP contribution >= 0.6 is 0 Å². The summed E-state index contributed by atoms with van der Waals surface area (Å²) in [6.07, 6.45) is -0.708. The molecule has 3 aromatic rings. The number of aliphatic hydroxyl groups excluding tert-OH is 2. The lowest BCUT2D eigenvalue weighted by atomic mass is 9.99. The Bertz CT molecular complexity index is 1500. The quantitative estimate of drug-likeness (QED) is 0.203. The summed E-state index contributed by atoms with van der Waals surface area (Å²) in [5.74, 6) is 0.523. The highest BCUT2D eigenvalue weighted by molar-refractivity contribution is 5.91. The highest BCUT2D eigenvalue weighted by atomic mass is 16.7. The molecule has 0 bridgehead atoms. The molecule has 2 unspecified atom stereocenters. The number of hydrogen-bond acceptors (Lipinski definition) is 11. The number of rotatable bonds is 9. The molecule has 2 aromatic heterocycles. The van der Waals surface area contributed by atoms with Gasteiger partial charge in [-0.15, -0.1) is 0 Å². The molecule has 13 nitrogen and oxygen atoms in total. The Hall–Kier alpha value is -4.17. The van der Waals surface area contributed by atoms with Crippen molar-refractivity contribution in [3.8, 4) is 22.9 Å². The number of carbonyl (C=O) groups is 3. The number of benzene rings is 1. The van der Waals surface area contributed by atoms with Crippen molar-refractivity contribution in [1.82, 2.24) is 14.9 Å². The van der Waals surface area contributed by atoms with E-state index in [4.69, 9.17) is 30.0 Å². The number of nitrogens with zero attached hydrogens (tertiary/aromatic N) is 2. The highest BCUT2D eigenvalue weighted by Crippen LogP contribution is 2.41. The van der Waals surface area contributed by atoms with Gasteiger partial charge < -0.3 is 49.6 Å². The molecule has 4 heterocycles. The summed E-state index contributed by atoms with van der Waals surface area (Å²) >= 11 is 0. The normalized spacial score (nSPS) is 14.1. The van der Waals surface area contributed by atoms with Crippen LogP contribution in [-0.2, 0) is 38.8 Å². The van der Waals surface area contributed by atoms with Gasteiger partial charge in [0.1, 0.15) is 12.4 Å². The molecule has 0 aliphatic carbocycles. The van der Waals surface area contributed by atoms with Gasteiger partial charge in [-0.2, -0.15) is 0 Å². The number of nitrogens with two attached hydrogens (primary N) is 1. The second-order valence-electron chi connectivity index (χ2n) is 8.74. The minimum atomic E-state index is -1.51. The van der Waals surface area contributed by atoms with Crippen molar-refractivity contribution in [3.63, 3.8) is 0 Å². The molecular formula is C26H28N4O9. The van der Waals surface area contributed by atoms with Gasteiger partial charge in [-0.05, 0) is 17.7 Å². The number of methoxy groups -OCH3 is 1. The van der Waals surface area contributed by atoms with Gasteiger partial charge in [0.25, 0.3) is 5.56 Å². The molecule has 0 radical (unpaired) electrons. The summed E-state index contributed by atoms with van der Waals surface area (Å²) in [6.45, 7) is 0.153. The van der Waals surface area contributed by atoms with Gasteiger partial charge in [0.05, 0.1) is 36.1 Å². The summed E-state index contributed by atoms with van der Waals surface area (Å²) in [6, 6.07) is 4.04. The maximum Gasteiger partial charge on any atom is 0.257 e. The van der Waals surface area contributed by atoms with E-state index in [2.05, 4.69) is 5.32 Å². The van der Waals surface area contributed by atoms with Crippen molar-refractivity contribution in [2.24, 2.45) is 5.73 Å². The SMILES string of the molecule is CO.COCc1c(C(O)C=O)cc2n(c1=O)Cc1c-2nc2cc3c(cc2c1CNC(=O)C(N)CC=O)OCO3. The molecule has 2 aliphatic rings. The Morgan fingerprint density at radius 3 is 2.62 bits per heavy atom. The van der Waals surface area contributed by atoms with E-state index < -0.39 is 23.6 Å². The second-order valence-corrected chi connectivity index (χ2v) is 8.74. The van der Waals surface area contributed by atoms with Gasteiger partial charge in [-0.1, -0.05) is 0 Å². The van der Waals surface area contributed by atoms with Crippen LogP contribution in [0.1, 0.15) is 34.8 Å². The molecule has 1 amide bonds. The molecule has 206 valence electrons. The average molecular weight is 541 g/mol. The third-order valence-corrected chi connectivity index (χ3v) is 6.55. The van der Waals surface area contributed by atoms with Crippen molar-refractivity contribution < 1.29 is 38.8 Å². The van der Waals surface area contributed by atoms with E-state index in [1.54, 1.807) is 18.2 Å². The molecule has 2 atom stereocenters. The van der Waals surface area contributed by atoms with Crippen LogP contribution in [0.15, 0.2) is 23.0 Å². The Morgan fingerprint density at radius 1 is 1.23 bits per heavy atom. The number of carbonyl (C=O) groups excluding carboxylic acids is 3. The smallest absolute Gasteiger partial charge is 0.257 e. The van der Waals surface area contributed by atoms with Crippen molar-refractivity contribution in [2.75, 3.05) is 21.0 Å². The van der Waals surface area contributed by atoms with Crippen molar-refractivity contribution in [1.29, 1.82) is 0 Å². The number of pyridine rings is 2. The number of fused-ring (bicyclic) bond motifs is 5. The fraction of sp³-hybridized carbons (Fsp3) is 0.346. The van der Waals surface area contributed by atoms with E-state index in [0.717, 1.165) is 7.11 Å². The Kier molecular flexibility index (Phi) is 8.35. The predicted molar refractivity (Wildman–Crippen MR) is 137 cm³/mol. The zero-order chi connectivity index (χ0) is 28.3. The highest BCUT2D eigenvalue weighted by Gasteiger charge is 2.30. The minimum Gasteiger partial charge on any atom is -0.454 e. The molecule has 0 saturated carbocycles. The van der Waals surface area contributed by atoms with Crippen molar-refractivity contribution in [3.05, 3.63) is 50.8 Å². The molecule has 0 saturated heterocycles. The molecule has 1 aromatic carbocycles. The summed E-state index contributed by atoms with van der Waals surface area (Å²) in [7, 11) is 2.41. The van der Waals surface area contributed by atoms with E-state index >= 15 is 0 Å². The molecule has 5 N–H and O–H groups in total. The molecule has 13 heteroatoms. The first-order valence-electron chi connectivity index (χ1n) is 11.9.